The molecule has 0 saturated carbocycles. The first kappa shape index (κ1) is 23.9. The molecule has 6 rings (SSSR count). The minimum atomic E-state index is -0.849. The SMILES string of the molecule is O=c1nc2n(cc1/C=C/Br)[C@H]1C[C@@H](O2)[C@@H](COC(c2ccccc2)(c2ccccc2)c2ccccc2)O1. The summed E-state index contributed by atoms with van der Waals surface area (Å²) in [6, 6.07) is 31.0. The lowest BCUT2D eigenvalue weighted by Crippen LogP contribution is -2.39. The average molecular weight is 557 g/mol. The van der Waals surface area contributed by atoms with Crippen molar-refractivity contribution < 1.29 is 14.2 Å². The van der Waals surface area contributed by atoms with Gasteiger partial charge < -0.3 is 14.2 Å². The Morgan fingerprint density at radius 2 is 1.51 bits per heavy atom. The van der Waals surface area contributed by atoms with Crippen LogP contribution in [0.15, 0.2) is 107 Å². The second kappa shape index (κ2) is 10.1. The van der Waals surface area contributed by atoms with Crippen LogP contribution in [0.3, 0.4) is 0 Å². The number of benzene rings is 3. The van der Waals surface area contributed by atoms with Gasteiger partial charge in [-0.1, -0.05) is 107 Å². The number of hydrogen-bond donors (Lipinski definition) is 0. The molecule has 0 N–H and O–H groups in total. The van der Waals surface area contributed by atoms with Crippen LogP contribution in [0.4, 0.5) is 0 Å². The Morgan fingerprint density at radius 3 is 2.05 bits per heavy atom. The molecule has 1 fully saturated rings. The van der Waals surface area contributed by atoms with Crippen LogP contribution in [0.1, 0.15) is 34.9 Å². The smallest absolute Gasteiger partial charge is 0.302 e. The van der Waals surface area contributed by atoms with Gasteiger partial charge in [0.1, 0.15) is 24.0 Å². The molecule has 7 heteroatoms. The molecular weight excluding hydrogens is 532 g/mol. The number of ether oxygens (including phenoxy) is 3. The fraction of sp³-hybridized carbons (Fsp3) is 0.200. The molecule has 186 valence electrons. The van der Waals surface area contributed by atoms with E-state index >= 15 is 0 Å². The van der Waals surface area contributed by atoms with Gasteiger partial charge in [0.15, 0.2) is 0 Å². The molecule has 4 aromatic rings. The fourth-order valence-electron chi connectivity index (χ4n) is 5.20. The highest BCUT2D eigenvalue weighted by atomic mass is 79.9. The second-order valence-corrected chi connectivity index (χ2v) is 9.62. The summed E-state index contributed by atoms with van der Waals surface area (Å²) in [5.41, 5.74) is 2.34. The van der Waals surface area contributed by atoms with Crippen molar-refractivity contribution in [3.63, 3.8) is 0 Å². The summed E-state index contributed by atoms with van der Waals surface area (Å²) in [5, 5.41) is 0. The normalized spacial score (nSPS) is 20.5. The summed E-state index contributed by atoms with van der Waals surface area (Å²) < 4.78 is 21.3. The second-order valence-electron chi connectivity index (χ2n) is 9.10. The molecule has 0 spiro atoms. The van der Waals surface area contributed by atoms with Crippen LogP contribution in [-0.4, -0.2) is 28.4 Å². The molecule has 2 aliphatic heterocycles. The number of nitrogens with zero attached hydrogens (tertiary/aromatic N) is 2. The summed E-state index contributed by atoms with van der Waals surface area (Å²) in [7, 11) is 0. The molecule has 1 saturated heterocycles. The van der Waals surface area contributed by atoms with Crippen LogP contribution in [0.5, 0.6) is 6.01 Å². The molecule has 3 heterocycles. The molecule has 0 radical (unpaired) electrons. The molecule has 0 aliphatic carbocycles. The van der Waals surface area contributed by atoms with Crippen molar-refractivity contribution in [2.45, 2.75) is 30.5 Å². The summed E-state index contributed by atoms with van der Waals surface area (Å²) in [6.45, 7) is 0.285. The monoisotopic (exact) mass is 556 g/mol. The zero-order chi connectivity index (χ0) is 25.2. The van der Waals surface area contributed by atoms with E-state index in [2.05, 4.69) is 57.3 Å². The third-order valence-corrected chi connectivity index (χ3v) is 7.20. The zero-order valence-electron chi connectivity index (χ0n) is 19.9. The van der Waals surface area contributed by atoms with Gasteiger partial charge in [-0.3, -0.25) is 9.36 Å². The van der Waals surface area contributed by atoms with E-state index in [4.69, 9.17) is 14.2 Å². The van der Waals surface area contributed by atoms with Crippen LogP contribution in [-0.2, 0) is 15.1 Å². The number of aromatic nitrogens is 2. The van der Waals surface area contributed by atoms with Gasteiger partial charge in [0.2, 0.25) is 0 Å². The molecule has 37 heavy (non-hydrogen) atoms. The summed E-state index contributed by atoms with van der Waals surface area (Å²) in [5.74, 6) is 0. The van der Waals surface area contributed by atoms with Gasteiger partial charge in [0.25, 0.3) is 5.56 Å². The lowest BCUT2D eigenvalue weighted by molar-refractivity contribution is -0.0815. The molecule has 3 atom stereocenters. The number of halogens is 1. The fourth-order valence-corrected chi connectivity index (χ4v) is 5.49. The topological polar surface area (TPSA) is 62.6 Å². The van der Waals surface area contributed by atoms with E-state index in [0.29, 0.717) is 12.0 Å². The Bertz CT molecular complexity index is 1360. The van der Waals surface area contributed by atoms with E-state index < -0.39 is 5.60 Å². The van der Waals surface area contributed by atoms with Crippen molar-refractivity contribution >= 4 is 22.0 Å². The molecule has 6 nitrogen and oxygen atoms in total. The number of rotatable bonds is 7. The van der Waals surface area contributed by atoms with Crippen molar-refractivity contribution in [3.8, 4) is 6.01 Å². The number of fused-ring (bicyclic) bond motifs is 4. The van der Waals surface area contributed by atoms with Gasteiger partial charge in [-0.2, -0.15) is 4.98 Å². The predicted octanol–water partition coefficient (Wildman–Crippen LogP) is 5.67. The third-order valence-electron chi connectivity index (χ3n) is 6.94. The van der Waals surface area contributed by atoms with E-state index in [1.165, 1.54) is 0 Å². The molecular formula is C30H25BrN2O4. The molecule has 2 aliphatic rings. The Balaban J connectivity index is 1.35. The third kappa shape index (κ3) is 4.33. The number of hydrogen-bond acceptors (Lipinski definition) is 5. The minimum Gasteiger partial charge on any atom is -0.458 e. The van der Waals surface area contributed by atoms with Crippen molar-refractivity contribution in [3.05, 3.63) is 135 Å². The van der Waals surface area contributed by atoms with Gasteiger partial charge in [-0.15, -0.1) is 0 Å². The van der Waals surface area contributed by atoms with E-state index in [1.807, 2.05) is 54.6 Å². The molecule has 3 aromatic carbocycles. The lowest BCUT2D eigenvalue weighted by Gasteiger charge is -2.37. The minimum absolute atomic E-state index is 0.269. The summed E-state index contributed by atoms with van der Waals surface area (Å²) in [4.78, 5) is 18.2. The van der Waals surface area contributed by atoms with Crippen LogP contribution < -0.4 is 10.3 Å². The van der Waals surface area contributed by atoms with Crippen LogP contribution >= 0.6 is 15.9 Å². The van der Waals surface area contributed by atoms with Gasteiger partial charge in [0.05, 0.1) is 12.2 Å². The zero-order valence-corrected chi connectivity index (χ0v) is 21.5. The Hall–Kier alpha value is -3.52. The van der Waals surface area contributed by atoms with Crippen molar-refractivity contribution in [2.75, 3.05) is 6.61 Å². The average Bonchev–Trinajstić information content (AvgIpc) is 3.28. The van der Waals surface area contributed by atoms with Gasteiger partial charge in [-0.05, 0) is 27.8 Å². The van der Waals surface area contributed by atoms with Crippen LogP contribution in [0.25, 0.3) is 6.08 Å². The van der Waals surface area contributed by atoms with Crippen LogP contribution in [0.2, 0.25) is 0 Å². The highest BCUT2D eigenvalue weighted by molar-refractivity contribution is 9.11. The Labute approximate surface area is 223 Å². The maximum Gasteiger partial charge on any atom is 0.302 e. The van der Waals surface area contributed by atoms with Gasteiger partial charge in [0, 0.05) is 12.6 Å². The highest BCUT2D eigenvalue weighted by Crippen LogP contribution is 2.43. The standard InChI is InChI=1S/C30H25BrN2O4/c31-17-16-21-19-33-27-18-25(37-29(33)32-28(21)34)26(36-27)20-35-30(22-10-4-1-5-11-22,23-12-6-2-7-13-23)24-14-8-3-9-15-24/h1-17,19,25-27H,18,20H2/b17-16+/t25-,26-,27-/m1/s1. The van der Waals surface area contributed by atoms with Gasteiger partial charge in [-0.25, -0.2) is 0 Å². The molecule has 0 amide bonds. The van der Waals surface area contributed by atoms with Crippen molar-refractivity contribution in [1.29, 1.82) is 0 Å². The summed E-state index contributed by atoms with van der Waals surface area (Å²) >= 11 is 3.23. The van der Waals surface area contributed by atoms with E-state index in [-0.39, 0.29) is 36.6 Å². The summed E-state index contributed by atoms with van der Waals surface area (Å²) in [6.07, 6.45) is 3.16. The predicted molar refractivity (Wildman–Crippen MR) is 145 cm³/mol. The largest absolute Gasteiger partial charge is 0.458 e. The Morgan fingerprint density at radius 1 is 0.946 bits per heavy atom. The first-order valence-corrected chi connectivity index (χ1v) is 13.1. The van der Waals surface area contributed by atoms with Crippen molar-refractivity contribution in [1.82, 2.24) is 9.55 Å². The van der Waals surface area contributed by atoms with Crippen molar-refractivity contribution in [2.24, 2.45) is 0 Å². The maximum atomic E-state index is 12.4. The molecule has 2 bridgehead atoms. The highest BCUT2D eigenvalue weighted by Gasteiger charge is 2.46. The quantitative estimate of drug-likeness (QED) is 0.274. The lowest BCUT2D eigenvalue weighted by atomic mass is 9.80. The Kier molecular flexibility index (Phi) is 6.50. The first-order chi connectivity index (χ1) is 18.2. The molecule has 1 aromatic heterocycles. The van der Waals surface area contributed by atoms with E-state index in [9.17, 15) is 4.79 Å². The van der Waals surface area contributed by atoms with Crippen LogP contribution in [0, 0.1) is 0 Å². The van der Waals surface area contributed by atoms with E-state index in [1.54, 1.807) is 21.8 Å². The molecule has 0 unspecified atom stereocenters. The van der Waals surface area contributed by atoms with E-state index in [0.717, 1.165) is 16.7 Å². The van der Waals surface area contributed by atoms with Gasteiger partial charge >= 0.3 is 6.01 Å². The first-order valence-electron chi connectivity index (χ1n) is 12.2. The maximum absolute atomic E-state index is 12.4.